The van der Waals surface area contributed by atoms with Crippen molar-refractivity contribution in [2.75, 3.05) is 10.6 Å². The van der Waals surface area contributed by atoms with Crippen LogP contribution in [0.25, 0.3) is 0 Å². The molecule has 28 heavy (non-hydrogen) atoms. The number of hydrogen-bond donors (Lipinski definition) is 2. The summed E-state index contributed by atoms with van der Waals surface area (Å²) in [6.45, 7) is 1.51. The highest BCUT2D eigenvalue weighted by Crippen LogP contribution is 2.19. The summed E-state index contributed by atoms with van der Waals surface area (Å²) in [5.74, 6) is -0.944. The average molecular weight is 397 g/mol. The van der Waals surface area contributed by atoms with Gasteiger partial charge in [0.15, 0.2) is 0 Å². The second-order valence-electron chi connectivity index (χ2n) is 6.05. The lowest BCUT2D eigenvalue weighted by atomic mass is 10.2. The zero-order valence-corrected chi connectivity index (χ0v) is 15.7. The van der Waals surface area contributed by atoms with Crippen LogP contribution in [-0.4, -0.2) is 21.6 Å². The third-order valence-electron chi connectivity index (χ3n) is 3.88. The largest absolute Gasteiger partial charge is 0.324 e. The number of carbonyl (C=O) groups is 2. The van der Waals surface area contributed by atoms with Crippen LogP contribution in [-0.2, 0) is 11.3 Å². The van der Waals surface area contributed by atoms with Crippen molar-refractivity contribution in [2.24, 2.45) is 0 Å². The van der Waals surface area contributed by atoms with Crippen molar-refractivity contribution in [2.45, 2.75) is 13.5 Å². The molecule has 0 fully saturated rings. The normalized spacial score (nSPS) is 10.4. The monoisotopic (exact) mass is 396 g/mol. The molecule has 0 saturated heterocycles. The van der Waals surface area contributed by atoms with Crippen LogP contribution in [0, 0.1) is 6.92 Å². The van der Waals surface area contributed by atoms with Crippen LogP contribution in [0.1, 0.15) is 16.1 Å². The molecule has 0 aliphatic carbocycles. The summed E-state index contributed by atoms with van der Waals surface area (Å²) in [6.07, 6.45) is 0. The van der Waals surface area contributed by atoms with Crippen molar-refractivity contribution in [3.05, 3.63) is 87.3 Å². The molecule has 2 aromatic carbocycles. The number of halogens is 1. The number of anilines is 2. The van der Waals surface area contributed by atoms with Crippen LogP contribution in [0.4, 0.5) is 11.4 Å². The van der Waals surface area contributed by atoms with E-state index in [1.165, 1.54) is 12.1 Å². The van der Waals surface area contributed by atoms with Crippen molar-refractivity contribution < 1.29 is 9.59 Å². The van der Waals surface area contributed by atoms with Gasteiger partial charge in [0.1, 0.15) is 12.2 Å². The fourth-order valence-electron chi connectivity index (χ4n) is 2.41. The Morgan fingerprint density at radius 3 is 2.46 bits per heavy atom. The fourth-order valence-corrected chi connectivity index (χ4v) is 2.59. The van der Waals surface area contributed by atoms with Gasteiger partial charge < -0.3 is 10.6 Å². The summed E-state index contributed by atoms with van der Waals surface area (Å²) in [5.41, 5.74) is 1.52. The van der Waals surface area contributed by atoms with Crippen LogP contribution in [0.5, 0.6) is 0 Å². The van der Waals surface area contributed by atoms with Gasteiger partial charge in [-0.1, -0.05) is 35.9 Å². The summed E-state index contributed by atoms with van der Waals surface area (Å²) < 4.78 is 0.936. The summed E-state index contributed by atoms with van der Waals surface area (Å²) in [6, 6.07) is 16.5. The number of hydrogen-bond acceptors (Lipinski definition) is 4. The summed E-state index contributed by atoms with van der Waals surface area (Å²) >= 11 is 6.04. The van der Waals surface area contributed by atoms with Crippen molar-refractivity contribution in [3.63, 3.8) is 0 Å². The van der Waals surface area contributed by atoms with E-state index < -0.39 is 17.4 Å². The Kier molecular flexibility index (Phi) is 5.86. The van der Waals surface area contributed by atoms with Crippen LogP contribution in [0.15, 0.2) is 65.5 Å². The maximum atomic E-state index is 12.3. The molecule has 8 heteroatoms. The van der Waals surface area contributed by atoms with Crippen LogP contribution in [0.3, 0.4) is 0 Å². The first-order valence-corrected chi connectivity index (χ1v) is 8.81. The van der Waals surface area contributed by atoms with Crippen molar-refractivity contribution in [3.8, 4) is 0 Å². The first-order valence-electron chi connectivity index (χ1n) is 8.43. The average Bonchev–Trinajstić information content (AvgIpc) is 2.67. The van der Waals surface area contributed by atoms with Gasteiger partial charge in [0, 0.05) is 22.5 Å². The van der Waals surface area contributed by atoms with Gasteiger partial charge in [0.25, 0.3) is 11.5 Å². The number of carbonyl (C=O) groups excluding carboxylic acids is 2. The van der Waals surface area contributed by atoms with Gasteiger partial charge in [0.05, 0.1) is 0 Å². The Labute approximate surface area is 166 Å². The molecule has 1 aromatic heterocycles. The lowest BCUT2D eigenvalue weighted by molar-refractivity contribution is -0.117. The number of aryl methyl sites for hydroxylation is 1. The van der Waals surface area contributed by atoms with Gasteiger partial charge in [0.2, 0.25) is 5.91 Å². The molecule has 0 atom stereocenters. The molecule has 0 spiro atoms. The maximum Gasteiger partial charge on any atom is 0.276 e. The highest BCUT2D eigenvalue weighted by molar-refractivity contribution is 6.31. The fraction of sp³-hybridized carbons (Fsp3) is 0.100. The predicted molar refractivity (Wildman–Crippen MR) is 108 cm³/mol. The molecule has 2 N–H and O–H groups in total. The summed E-state index contributed by atoms with van der Waals surface area (Å²) in [7, 11) is 0. The van der Waals surface area contributed by atoms with E-state index in [1.807, 2.05) is 13.0 Å². The van der Waals surface area contributed by atoms with Gasteiger partial charge >= 0.3 is 0 Å². The maximum absolute atomic E-state index is 12.3. The smallest absolute Gasteiger partial charge is 0.276 e. The zero-order valence-electron chi connectivity index (χ0n) is 15.0. The van der Waals surface area contributed by atoms with Gasteiger partial charge in [-0.2, -0.15) is 5.10 Å². The first kappa shape index (κ1) is 19.3. The molecule has 0 aliphatic rings. The van der Waals surface area contributed by atoms with Gasteiger partial charge in [-0.05, 0) is 42.8 Å². The molecule has 3 aromatic rings. The Bertz CT molecular complexity index is 1080. The number of nitrogens with one attached hydrogen (secondary N) is 2. The number of rotatable bonds is 5. The lowest BCUT2D eigenvalue weighted by Gasteiger charge is -2.09. The SMILES string of the molecule is Cc1ccc(NC(=O)Cn2nc(C(=O)Nc3ccccc3)ccc2=O)cc1Cl. The van der Waals surface area contributed by atoms with Gasteiger partial charge in [-0.25, -0.2) is 4.68 Å². The topological polar surface area (TPSA) is 93.1 Å². The Balaban J connectivity index is 1.72. The van der Waals surface area contributed by atoms with Crippen molar-refractivity contribution >= 4 is 34.8 Å². The van der Waals surface area contributed by atoms with E-state index in [4.69, 9.17) is 11.6 Å². The number of nitrogens with zero attached hydrogens (tertiary/aromatic N) is 2. The molecule has 0 aliphatic heterocycles. The van der Waals surface area contributed by atoms with Crippen molar-refractivity contribution in [1.29, 1.82) is 0 Å². The molecule has 0 unspecified atom stereocenters. The number of benzene rings is 2. The molecule has 0 radical (unpaired) electrons. The number of para-hydroxylation sites is 1. The third-order valence-corrected chi connectivity index (χ3v) is 4.29. The molecule has 3 rings (SSSR count). The van der Waals surface area contributed by atoms with E-state index >= 15 is 0 Å². The van der Waals surface area contributed by atoms with Crippen LogP contribution < -0.4 is 16.2 Å². The second kappa shape index (κ2) is 8.49. The minimum absolute atomic E-state index is 0.0228. The Morgan fingerprint density at radius 2 is 1.75 bits per heavy atom. The molecule has 0 bridgehead atoms. The summed E-state index contributed by atoms with van der Waals surface area (Å²) in [5, 5.41) is 9.84. The second-order valence-corrected chi connectivity index (χ2v) is 6.45. The van der Waals surface area contributed by atoms with E-state index in [9.17, 15) is 14.4 Å². The molecule has 2 amide bonds. The number of aromatic nitrogens is 2. The molecule has 142 valence electrons. The van der Waals surface area contributed by atoms with Gasteiger partial charge in [-0.3, -0.25) is 14.4 Å². The summed E-state index contributed by atoms with van der Waals surface area (Å²) in [4.78, 5) is 36.6. The quantitative estimate of drug-likeness (QED) is 0.693. The predicted octanol–water partition coefficient (Wildman–Crippen LogP) is 3.10. The lowest BCUT2D eigenvalue weighted by Crippen LogP contribution is -2.31. The van der Waals surface area contributed by atoms with E-state index in [2.05, 4.69) is 15.7 Å². The molecule has 0 saturated carbocycles. The van der Waals surface area contributed by atoms with E-state index in [-0.39, 0.29) is 12.2 Å². The Hall–Kier alpha value is -3.45. The first-order chi connectivity index (χ1) is 13.4. The van der Waals surface area contributed by atoms with E-state index in [1.54, 1.807) is 42.5 Å². The Morgan fingerprint density at radius 1 is 1.00 bits per heavy atom. The van der Waals surface area contributed by atoms with Crippen molar-refractivity contribution in [1.82, 2.24) is 9.78 Å². The standard InChI is InChI=1S/C20H17ClN4O3/c1-13-7-8-15(11-16(13)21)22-18(26)12-25-19(27)10-9-17(24-25)20(28)23-14-5-3-2-4-6-14/h2-11H,12H2,1H3,(H,22,26)(H,23,28). The van der Waals surface area contributed by atoms with Crippen LogP contribution >= 0.6 is 11.6 Å². The molecular formula is C20H17ClN4O3. The van der Waals surface area contributed by atoms with E-state index in [0.717, 1.165) is 10.2 Å². The minimum Gasteiger partial charge on any atom is -0.324 e. The highest BCUT2D eigenvalue weighted by atomic mass is 35.5. The molecular weight excluding hydrogens is 380 g/mol. The number of amides is 2. The third kappa shape index (κ3) is 4.83. The van der Waals surface area contributed by atoms with E-state index in [0.29, 0.717) is 16.4 Å². The molecule has 1 heterocycles. The van der Waals surface area contributed by atoms with Crippen LogP contribution in [0.2, 0.25) is 5.02 Å². The highest BCUT2D eigenvalue weighted by Gasteiger charge is 2.12. The minimum atomic E-state index is -0.492. The molecule has 7 nitrogen and oxygen atoms in total. The zero-order chi connectivity index (χ0) is 20.1. The van der Waals surface area contributed by atoms with Gasteiger partial charge in [-0.15, -0.1) is 0 Å².